The molecule has 46 heavy (non-hydrogen) atoms. The second kappa shape index (κ2) is 15.2. The molecule has 1 unspecified atom stereocenters. The molecule has 0 saturated carbocycles. The number of benzene rings is 4. The van der Waals surface area contributed by atoms with Gasteiger partial charge in [-0.2, -0.15) is 0 Å². The molecule has 5 heteroatoms. The first-order chi connectivity index (χ1) is 21.0. The molecule has 0 heterocycles. The molecule has 2 aliphatic carbocycles. The van der Waals surface area contributed by atoms with Crippen LogP contribution in [0.15, 0.2) is 106 Å². The molecule has 1 atom stereocenters. The fourth-order valence-corrected chi connectivity index (χ4v) is 16.9. The summed E-state index contributed by atoms with van der Waals surface area (Å²) in [7, 11) is 0. The van der Waals surface area contributed by atoms with Crippen LogP contribution in [0.2, 0.25) is 10.0 Å². The van der Waals surface area contributed by atoms with Crippen LogP contribution in [0.25, 0.3) is 11.1 Å². The zero-order valence-corrected chi connectivity index (χ0v) is 33.0. The molecule has 6 rings (SSSR count). The van der Waals surface area contributed by atoms with Gasteiger partial charge in [-0.15, -0.1) is 0 Å². The summed E-state index contributed by atoms with van der Waals surface area (Å²) in [4.78, 5) is 0. The second-order valence-corrected chi connectivity index (χ2v) is 20.6. The molecule has 0 bridgehead atoms. The largest absolute Gasteiger partial charge is 1.00 e. The van der Waals surface area contributed by atoms with Gasteiger partial charge < -0.3 is 24.8 Å². The summed E-state index contributed by atoms with van der Waals surface area (Å²) >= 11 is 10.1. The van der Waals surface area contributed by atoms with Crippen LogP contribution in [-0.4, -0.2) is 3.21 Å². The summed E-state index contributed by atoms with van der Waals surface area (Å²) in [6, 6.07) is 31.6. The Morgan fingerprint density at radius 3 is 1.63 bits per heavy atom. The minimum Gasteiger partial charge on any atom is -1.00 e. The first-order valence-corrected chi connectivity index (χ1v) is 20.6. The molecule has 0 aromatic heterocycles. The van der Waals surface area contributed by atoms with E-state index in [1.165, 1.54) is 72.5 Å². The van der Waals surface area contributed by atoms with Gasteiger partial charge in [-0.25, -0.2) is 0 Å². The number of halogens is 4. The van der Waals surface area contributed by atoms with Crippen molar-refractivity contribution in [3.63, 3.8) is 0 Å². The average molecular weight is 768 g/mol. The maximum atomic E-state index is 6.50. The van der Waals surface area contributed by atoms with Crippen LogP contribution in [0.4, 0.5) is 0 Å². The molecule has 0 aliphatic heterocycles. The van der Waals surface area contributed by atoms with Gasteiger partial charge in [-0.1, -0.05) is 0 Å². The van der Waals surface area contributed by atoms with E-state index in [4.69, 9.17) is 23.2 Å². The third kappa shape index (κ3) is 7.46. The van der Waals surface area contributed by atoms with Gasteiger partial charge in [0.15, 0.2) is 0 Å². The summed E-state index contributed by atoms with van der Waals surface area (Å²) < 4.78 is 3.62. The Kier molecular flexibility index (Phi) is 12.3. The van der Waals surface area contributed by atoms with Gasteiger partial charge in [-0.05, 0) is 0 Å². The van der Waals surface area contributed by atoms with Gasteiger partial charge in [0.05, 0.1) is 0 Å². The molecule has 4 aromatic carbocycles. The van der Waals surface area contributed by atoms with E-state index in [0.717, 1.165) is 10.0 Å². The van der Waals surface area contributed by atoms with Crippen molar-refractivity contribution in [1.82, 2.24) is 0 Å². The second-order valence-electron chi connectivity index (χ2n) is 13.6. The van der Waals surface area contributed by atoms with Gasteiger partial charge in [0.25, 0.3) is 0 Å². The molecule has 0 spiro atoms. The van der Waals surface area contributed by atoms with E-state index in [0.29, 0.717) is 9.54 Å². The van der Waals surface area contributed by atoms with Crippen LogP contribution in [0.5, 0.6) is 0 Å². The van der Waals surface area contributed by atoms with Gasteiger partial charge in [0.1, 0.15) is 0 Å². The van der Waals surface area contributed by atoms with Crippen molar-refractivity contribution in [3.05, 3.63) is 149 Å². The van der Waals surface area contributed by atoms with Crippen molar-refractivity contribution in [2.45, 2.75) is 64.4 Å². The Hall–Kier alpha value is -1.73. The standard InChI is InChI=1S/C15H13.C13H8Cl2.C13H21.2ClH.Zr/c1-10-3-5-14-12(7-10)9-13-8-11(2)4-6-15(13)14;14-12-5-1-10(2-6-12)9-11-3-7-13(15)8-4-11;1-5-6-7-11-8-9-12(10-11)13(2,3)4;;;/h3-9H,1-2H3;1-8H;9-11H,5-7H2,1-4H3;2*1H;/q;;;;;+2/p-2. The van der Waals surface area contributed by atoms with Crippen LogP contribution >= 0.6 is 23.2 Å². The molecule has 238 valence electrons. The van der Waals surface area contributed by atoms with Crippen LogP contribution in [0.1, 0.15) is 84.0 Å². The molecule has 0 amide bonds. The third-order valence-corrected chi connectivity index (χ3v) is 18.3. The van der Waals surface area contributed by atoms with E-state index in [2.05, 4.69) is 139 Å². The van der Waals surface area contributed by atoms with Crippen LogP contribution in [0.3, 0.4) is 0 Å². The summed E-state index contributed by atoms with van der Waals surface area (Å²) in [5, 5.41) is 1.55. The number of fused-ring (bicyclic) bond motifs is 3. The maximum absolute atomic E-state index is 6.50. The molecule has 0 fully saturated rings. The van der Waals surface area contributed by atoms with Crippen LogP contribution < -0.4 is 24.8 Å². The van der Waals surface area contributed by atoms with E-state index in [9.17, 15) is 0 Å². The molecule has 0 saturated heterocycles. The van der Waals surface area contributed by atoms with Crippen molar-refractivity contribution >= 4 is 26.4 Å². The summed E-state index contributed by atoms with van der Waals surface area (Å²) in [5.41, 5.74) is 12.7. The summed E-state index contributed by atoms with van der Waals surface area (Å²) in [6.07, 6.45) is 8.94. The normalized spacial score (nSPS) is 15.1. The van der Waals surface area contributed by atoms with E-state index in [1.807, 2.05) is 0 Å². The number of allylic oxidation sites excluding steroid dienone is 4. The van der Waals surface area contributed by atoms with Crippen LogP contribution in [-0.2, 0) is 21.3 Å². The fraction of sp³-hybridized carbons (Fsp3) is 0.293. The number of hydrogen-bond acceptors (Lipinski definition) is 0. The predicted octanol–water partition coefficient (Wildman–Crippen LogP) is 6.25. The molecular formula is C41H42Cl4Zr. The minimum absolute atomic E-state index is 0. The molecule has 0 nitrogen and oxygen atoms in total. The Labute approximate surface area is 306 Å². The number of aryl methyl sites for hydroxylation is 2. The van der Waals surface area contributed by atoms with Crippen LogP contribution in [0, 0.1) is 25.2 Å². The predicted molar refractivity (Wildman–Crippen MR) is 188 cm³/mol. The number of hydrogen-bond donors (Lipinski definition) is 0. The topological polar surface area (TPSA) is 0 Å². The van der Waals surface area contributed by atoms with Crippen molar-refractivity contribution in [3.8, 4) is 11.1 Å². The van der Waals surface area contributed by atoms with E-state index in [-0.39, 0.29) is 30.2 Å². The Morgan fingerprint density at radius 2 is 1.20 bits per heavy atom. The number of unbranched alkanes of at least 4 members (excludes halogenated alkanes) is 1. The van der Waals surface area contributed by atoms with Gasteiger partial charge >= 0.3 is 284 Å². The van der Waals surface area contributed by atoms with Gasteiger partial charge in [-0.3, -0.25) is 0 Å². The van der Waals surface area contributed by atoms with E-state index < -0.39 is 21.3 Å². The first kappa shape index (κ1) is 37.1. The van der Waals surface area contributed by atoms with Gasteiger partial charge in [0, 0.05) is 0 Å². The molecule has 4 aromatic rings. The molecule has 0 N–H and O–H groups in total. The van der Waals surface area contributed by atoms with Crippen molar-refractivity contribution in [1.29, 1.82) is 0 Å². The third-order valence-electron chi connectivity index (χ3n) is 9.29. The fourth-order valence-electron chi connectivity index (χ4n) is 7.01. The SMILES string of the molecule is CCCCC1C=C(C(C)(C)C)C=[C]1[Zr+2](=[C](c1ccc(Cl)cc1)c1ccc(Cl)cc1)[CH]1c2cc(C)ccc2-c2ccc(C)cc21.[Cl-].[Cl-]. The average Bonchev–Trinajstić information content (AvgIpc) is 3.55. The first-order valence-electron chi connectivity index (χ1n) is 16.0. The minimum atomic E-state index is -2.91. The zero-order valence-electron chi connectivity index (χ0n) is 27.5. The Morgan fingerprint density at radius 1 is 0.717 bits per heavy atom. The van der Waals surface area contributed by atoms with Crippen molar-refractivity contribution < 1.29 is 46.1 Å². The van der Waals surface area contributed by atoms with E-state index in [1.54, 1.807) is 3.28 Å². The zero-order chi connectivity index (χ0) is 31.2. The quantitative estimate of drug-likeness (QED) is 0.209. The molecule has 2 aliphatic rings. The smallest absolute Gasteiger partial charge is 1.00 e. The van der Waals surface area contributed by atoms with Crippen molar-refractivity contribution in [2.75, 3.05) is 0 Å². The van der Waals surface area contributed by atoms with Crippen molar-refractivity contribution in [2.24, 2.45) is 11.3 Å². The molecule has 0 radical (unpaired) electrons. The summed E-state index contributed by atoms with van der Waals surface area (Å²) in [6.45, 7) is 13.9. The molecular weight excluding hydrogens is 725 g/mol. The summed E-state index contributed by atoms with van der Waals surface area (Å²) in [5.74, 6) is 0.468. The van der Waals surface area contributed by atoms with Gasteiger partial charge in [0.2, 0.25) is 0 Å². The monoisotopic (exact) mass is 764 g/mol. The Bertz CT molecular complexity index is 1710. The maximum Gasteiger partial charge on any atom is -1.00 e. The Balaban J connectivity index is 0.00000240. The van der Waals surface area contributed by atoms with E-state index >= 15 is 0 Å². The number of rotatable bonds is 7.